The molecule has 21 heavy (non-hydrogen) atoms. The van der Waals surface area contributed by atoms with Crippen molar-refractivity contribution in [3.8, 4) is 11.5 Å². The lowest BCUT2D eigenvalue weighted by atomic mass is 10.1. The fraction of sp³-hybridized carbons (Fsp3) is 0.333. The number of hydrogen-bond acceptors (Lipinski definition) is 3. The van der Waals surface area contributed by atoms with Crippen LogP contribution >= 0.6 is 0 Å². The van der Waals surface area contributed by atoms with Gasteiger partial charge in [-0.1, -0.05) is 36.8 Å². The molecule has 0 amide bonds. The molecule has 1 unspecified atom stereocenters. The number of methoxy groups -OCH3 is 1. The molecule has 0 aliphatic heterocycles. The predicted octanol–water partition coefficient (Wildman–Crippen LogP) is 4.03. The van der Waals surface area contributed by atoms with E-state index >= 15 is 0 Å². The van der Waals surface area contributed by atoms with Crippen LogP contribution in [0.5, 0.6) is 11.5 Å². The van der Waals surface area contributed by atoms with Gasteiger partial charge in [0, 0.05) is 11.1 Å². The number of aryl methyl sites for hydroxylation is 1. The van der Waals surface area contributed by atoms with Crippen LogP contribution in [0.1, 0.15) is 36.1 Å². The van der Waals surface area contributed by atoms with Crippen LogP contribution in [0.25, 0.3) is 0 Å². The molecule has 0 saturated heterocycles. The first-order chi connectivity index (χ1) is 10.2. The summed E-state index contributed by atoms with van der Waals surface area (Å²) in [6, 6.07) is 13.6. The molecule has 1 N–H and O–H groups in total. The highest BCUT2D eigenvalue weighted by Gasteiger charge is 2.12. The lowest BCUT2D eigenvalue weighted by molar-refractivity contribution is 0.166. The summed E-state index contributed by atoms with van der Waals surface area (Å²) in [5, 5.41) is 10.0. The molecule has 0 radical (unpaired) electrons. The third-order valence-electron chi connectivity index (χ3n) is 3.48. The van der Waals surface area contributed by atoms with Crippen molar-refractivity contribution in [1.29, 1.82) is 0 Å². The van der Waals surface area contributed by atoms with Crippen LogP contribution < -0.4 is 9.47 Å². The molecule has 3 nitrogen and oxygen atoms in total. The molecule has 0 saturated carbocycles. The quantitative estimate of drug-likeness (QED) is 0.871. The molecule has 2 rings (SSSR count). The van der Waals surface area contributed by atoms with Crippen molar-refractivity contribution in [3.63, 3.8) is 0 Å². The number of aliphatic hydroxyl groups excluding tert-OH is 1. The summed E-state index contributed by atoms with van der Waals surface area (Å²) in [6.07, 6.45) is 0.161. The Labute approximate surface area is 126 Å². The average Bonchev–Trinajstić information content (AvgIpc) is 2.52. The molecular formula is C18H22O3. The van der Waals surface area contributed by atoms with Crippen molar-refractivity contribution < 1.29 is 14.6 Å². The van der Waals surface area contributed by atoms with E-state index in [1.165, 1.54) is 0 Å². The second-order valence-electron chi connectivity index (χ2n) is 5.07. The summed E-state index contributed by atoms with van der Waals surface area (Å²) in [6.45, 7) is 4.40. The Kier molecular flexibility index (Phi) is 5.23. The van der Waals surface area contributed by atoms with Crippen LogP contribution in [0, 0.1) is 6.92 Å². The van der Waals surface area contributed by atoms with Crippen molar-refractivity contribution in [2.45, 2.75) is 33.0 Å². The number of aliphatic hydroxyl groups is 1. The van der Waals surface area contributed by atoms with Crippen LogP contribution in [-0.2, 0) is 6.61 Å². The normalized spacial score (nSPS) is 12.0. The molecule has 2 aromatic carbocycles. The Morgan fingerprint density at radius 1 is 1.10 bits per heavy atom. The molecule has 0 fully saturated rings. The first-order valence-electron chi connectivity index (χ1n) is 7.19. The van der Waals surface area contributed by atoms with Crippen LogP contribution in [-0.4, -0.2) is 12.2 Å². The van der Waals surface area contributed by atoms with Gasteiger partial charge in [-0.2, -0.15) is 0 Å². The minimum absolute atomic E-state index is 0.415. The summed E-state index contributed by atoms with van der Waals surface area (Å²) in [5.74, 6) is 1.53. The van der Waals surface area contributed by atoms with Gasteiger partial charge in [-0.05, 0) is 31.5 Å². The Morgan fingerprint density at radius 3 is 2.57 bits per heavy atom. The van der Waals surface area contributed by atoms with Crippen LogP contribution in [0.15, 0.2) is 42.5 Å². The summed E-state index contributed by atoms with van der Waals surface area (Å²) in [7, 11) is 1.66. The van der Waals surface area contributed by atoms with Crippen LogP contribution in [0.3, 0.4) is 0 Å². The summed E-state index contributed by atoms with van der Waals surface area (Å²) >= 11 is 0. The molecule has 2 aromatic rings. The standard InChI is InChI=1S/C18H22O3/c1-4-16(19)15-7-5-6-8-18(15)21-12-14-11-13(2)9-10-17(14)20-3/h5-11,16,19H,4,12H2,1-3H3. The maximum absolute atomic E-state index is 10.0. The second-order valence-corrected chi connectivity index (χ2v) is 5.07. The molecule has 0 heterocycles. The molecule has 0 bridgehead atoms. The van der Waals surface area contributed by atoms with Gasteiger partial charge in [-0.3, -0.25) is 0 Å². The highest BCUT2D eigenvalue weighted by atomic mass is 16.5. The molecule has 0 spiro atoms. The Morgan fingerprint density at radius 2 is 1.86 bits per heavy atom. The van der Waals surface area contributed by atoms with Gasteiger partial charge in [0.15, 0.2) is 0 Å². The largest absolute Gasteiger partial charge is 0.496 e. The number of para-hydroxylation sites is 1. The van der Waals surface area contributed by atoms with Crippen LogP contribution in [0.2, 0.25) is 0 Å². The van der Waals surface area contributed by atoms with Crippen molar-refractivity contribution in [3.05, 3.63) is 59.2 Å². The zero-order chi connectivity index (χ0) is 15.2. The van der Waals surface area contributed by atoms with Gasteiger partial charge in [0.1, 0.15) is 18.1 Å². The Balaban J connectivity index is 2.19. The monoisotopic (exact) mass is 286 g/mol. The lowest BCUT2D eigenvalue weighted by Crippen LogP contribution is -2.03. The third kappa shape index (κ3) is 3.76. The lowest BCUT2D eigenvalue weighted by Gasteiger charge is -2.16. The Bertz CT molecular complexity index is 593. The minimum atomic E-state index is -0.499. The number of benzene rings is 2. The molecule has 112 valence electrons. The predicted molar refractivity (Wildman–Crippen MR) is 83.8 cm³/mol. The summed E-state index contributed by atoms with van der Waals surface area (Å²) in [4.78, 5) is 0. The Hall–Kier alpha value is -2.00. The van der Waals surface area contributed by atoms with Gasteiger partial charge in [0.25, 0.3) is 0 Å². The smallest absolute Gasteiger partial charge is 0.125 e. The van der Waals surface area contributed by atoms with Gasteiger partial charge < -0.3 is 14.6 Å². The van der Waals surface area contributed by atoms with E-state index in [-0.39, 0.29) is 0 Å². The van der Waals surface area contributed by atoms with E-state index < -0.39 is 6.10 Å². The fourth-order valence-corrected chi connectivity index (χ4v) is 2.28. The molecule has 3 heteroatoms. The number of rotatable bonds is 6. The van der Waals surface area contributed by atoms with E-state index in [0.717, 1.165) is 28.2 Å². The number of hydrogen-bond donors (Lipinski definition) is 1. The highest BCUT2D eigenvalue weighted by molar-refractivity contribution is 5.38. The maximum atomic E-state index is 10.0. The maximum Gasteiger partial charge on any atom is 0.125 e. The zero-order valence-corrected chi connectivity index (χ0v) is 12.8. The second kappa shape index (κ2) is 7.14. The summed E-state index contributed by atoms with van der Waals surface area (Å²) < 4.78 is 11.3. The van der Waals surface area contributed by atoms with E-state index in [1.807, 2.05) is 50.2 Å². The van der Waals surface area contributed by atoms with Crippen molar-refractivity contribution in [2.75, 3.05) is 7.11 Å². The molecular weight excluding hydrogens is 264 g/mol. The molecule has 0 aromatic heterocycles. The number of ether oxygens (including phenoxy) is 2. The van der Waals surface area contributed by atoms with E-state index in [4.69, 9.17) is 9.47 Å². The van der Waals surface area contributed by atoms with Crippen molar-refractivity contribution >= 4 is 0 Å². The van der Waals surface area contributed by atoms with Gasteiger partial charge >= 0.3 is 0 Å². The van der Waals surface area contributed by atoms with Gasteiger partial charge in [0.2, 0.25) is 0 Å². The first-order valence-corrected chi connectivity index (χ1v) is 7.19. The van der Waals surface area contributed by atoms with E-state index in [9.17, 15) is 5.11 Å². The van der Waals surface area contributed by atoms with E-state index in [2.05, 4.69) is 6.07 Å². The molecule has 0 aliphatic carbocycles. The summed E-state index contributed by atoms with van der Waals surface area (Å²) in [5.41, 5.74) is 2.99. The van der Waals surface area contributed by atoms with Crippen molar-refractivity contribution in [2.24, 2.45) is 0 Å². The SMILES string of the molecule is CCC(O)c1ccccc1OCc1cc(C)ccc1OC. The van der Waals surface area contributed by atoms with Gasteiger partial charge in [0.05, 0.1) is 13.2 Å². The fourth-order valence-electron chi connectivity index (χ4n) is 2.28. The third-order valence-corrected chi connectivity index (χ3v) is 3.48. The highest BCUT2D eigenvalue weighted by Crippen LogP contribution is 2.29. The van der Waals surface area contributed by atoms with Crippen LogP contribution in [0.4, 0.5) is 0 Å². The minimum Gasteiger partial charge on any atom is -0.496 e. The zero-order valence-electron chi connectivity index (χ0n) is 12.8. The average molecular weight is 286 g/mol. The topological polar surface area (TPSA) is 38.7 Å². The van der Waals surface area contributed by atoms with Gasteiger partial charge in [-0.25, -0.2) is 0 Å². The first kappa shape index (κ1) is 15.4. The van der Waals surface area contributed by atoms with E-state index in [1.54, 1.807) is 7.11 Å². The van der Waals surface area contributed by atoms with E-state index in [0.29, 0.717) is 13.0 Å². The molecule has 0 aliphatic rings. The van der Waals surface area contributed by atoms with Crippen molar-refractivity contribution in [1.82, 2.24) is 0 Å². The molecule has 1 atom stereocenters. The van der Waals surface area contributed by atoms with Gasteiger partial charge in [-0.15, -0.1) is 0 Å².